The zero-order valence-corrected chi connectivity index (χ0v) is 10.4. The van der Waals surface area contributed by atoms with Crippen molar-refractivity contribution < 1.29 is 14.0 Å². The molecule has 5 heteroatoms. The van der Waals surface area contributed by atoms with Crippen LogP contribution in [0, 0.1) is 11.7 Å². The van der Waals surface area contributed by atoms with E-state index in [0.29, 0.717) is 25.2 Å². The molecule has 1 unspecified atom stereocenters. The quantitative estimate of drug-likeness (QED) is 0.660. The number of benzene rings is 1. The van der Waals surface area contributed by atoms with Crippen LogP contribution < -0.4 is 10.2 Å². The summed E-state index contributed by atoms with van der Waals surface area (Å²) in [6.07, 6.45) is 2.00. The monoisotopic (exact) mass is 262 g/mol. The van der Waals surface area contributed by atoms with Crippen LogP contribution in [-0.4, -0.2) is 24.9 Å². The molecule has 1 aromatic carbocycles. The van der Waals surface area contributed by atoms with Crippen LogP contribution in [0.4, 0.5) is 10.1 Å². The Bertz CT molecular complexity index is 516. The fourth-order valence-electron chi connectivity index (χ4n) is 2.12. The second-order valence-electron chi connectivity index (χ2n) is 4.34. The molecule has 0 aliphatic carbocycles. The highest BCUT2D eigenvalue weighted by molar-refractivity contribution is 6.09. The molecule has 100 valence electrons. The Kier molecular flexibility index (Phi) is 3.94. The number of anilines is 1. The van der Waals surface area contributed by atoms with Crippen molar-refractivity contribution in [2.75, 3.05) is 18.0 Å². The van der Waals surface area contributed by atoms with Gasteiger partial charge in [0.2, 0.25) is 11.8 Å². The molecule has 19 heavy (non-hydrogen) atoms. The predicted octanol–water partition coefficient (Wildman–Crippen LogP) is 1.48. The van der Waals surface area contributed by atoms with E-state index >= 15 is 0 Å². The molecule has 2 rings (SSSR count). The van der Waals surface area contributed by atoms with E-state index in [1.807, 2.05) is 0 Å². The van der Waals surface area contributed by atoms with Gasteiger partial charge >= 0.3 is 0 Å². The Morgan fingerprint density at radius 2 is 2.37 bits per heavy atom. The first-order valence-electron chi connectivity index (χ1n) is 6.09. The summed E-state index contributed by atoms with van der Waals surface area (Å²) < 4.78 is 13.1. The highest BCUT2D eigenvalue weighted by atomic mass is 19.1. The summed E-state index contributed by atoms with van der Waals surface area (Å²) in [5.74, 6) is -1.68. The Balaban J connectivity index is 2.09. The van der Waals surface area contributed by atoms with Crippen LogP contribution in [0.25, 0.3) is 0 Å². The maximum absolute atomic E-state index is 13.1. The largest absolute Gasteiger partial charge is 0.352 e. The second kappa shape index (κ2) is 5.65. The van der Waals surface area contributed by atoms with Crippen LogP contribution in [0.5, 0.6) is 0 Å². The number of rotatable bonds is 4. The van der Waals surface area contributed by atoms with Gasteiger partial charge in [-0.3, -0.25) is 9.59 Å². The van der Waals surface area contributed by atoms with Crippen molar-refractivity contribution in [3.63, 3.8) is 0 Å². The summed E-state index contributed by atoms with van der Waals surface area (Å²) in [5.41, 5.74) is 0.490. The molecule has 4 nitrogen and oxygen atoms in total. The average molecular weight is 262 g/mol. The van der Waals surface area contributed by atoms with Crippen molar-refractivity contribution >= 4 is 17.5 Å². The molecular weight excluding hydrogens is 247 g/mol. The minimum absolute atomic E-state index is 0.285. The first kappa shape index (κ1) is 13.3. The summed E-state index contributed by atoms with van der Waals surface area (Å²) in [5, 5.41) is 2.61. The number of carbonyl (C=O) groups excluding carboxylic acids is 2. The van der Waals surface area contributed by atoms with Gasteiger partial charge in [-0.25, -0.2) is 4.39 Å². The predicted molar refractivity (Wildman–Crippen MR) is 70.1 cm³/mol. The summed E-state index contributed by atoms with van der Waals surface area (Å²) in [7, 11) is 0. The highest BCUT2D eigenvalue weighted by Gasteiger charge is 2.37. The number of carbonyl (C=O) groups is 2. The van der Waals surface area contributed by atoms with Crippen LogP contribution in [0.2, 0.25) is 0 Å². The normalized spacial score (nSPS) is 18.5. The molecule has 2 amide bonds. The van der Waals surface area contributed by atoms with E-state index in [9.17, 15) is 14.0 Å². The lowest BCUT2D eigenvalue weighted by Gasteiger charge is -2.16. The first-order chi connectivity index (χ1) is 9.13. The van der Waals surface area contributed by atoms with Gasteiger partial charge in [0.1, 0.15) is 11.7 Å². The molecule has 0 saturated carbocycles. The third kappa shape index (κ3) is 2.81. The van der Waals surface area contributed by atoms with Gasteiger partial charge in [-0.05, 0) is 24.6 Å². The Morgan fingerprint density at radius 1 is 1.58 bits per heavy atom. The molecule has 1 aliphatic rings. The Morgan fingerprint density at radius 3 is 3.05 bits per heavy atom. The lowest BCUT2D eigenvalue weighted by atomic mass is 10.1. The topological polar surface area (TPSA) is 49.4 Å². The molecule has 1 heterocycles. The summed E-state index contributed by atoms with van der Waals surface area (Å²) in [6, 6.07) is 5.81. The van der Waals surface area contributed by atoms with Gasteiger partial charge in [-0.15, -0.1) is 6.58 Å². The number of nitrogens with zero attached hydrogens (tertiary/aromatic N) is 1. The van der Waals surface area contributed by atoms with E-state index in [4.69, 9.17) is 0 Å². The molecular formula is C14H15FN2O2. The number of hydrogen-bond acceptors (Lipinski definition) is 2. The van der Waals surface area contributed by atoms with Gasteiger partial charge in [-0.1, -0.05) is 12.1 Å². The van der Waals surface area contributed by atoms with Gasteiger partial charge in [0.15, 0.2) is 0 Å². The van der Waals surface area contributed by atoms with Crippen molar-refractivity contribution in [3.05, 3.63) is 42.7 Å². The van der Waals surface area contributed by atoms with Crippen LogP contribution in [-0.2, 0) is 9.59 Å². The van der Waals surface area contributed by atoms with E-state index < -0.39 is 11.7 Å². The molecule has 1 aliphatic heterocycles. The third-order valence-electron chi connectivity index (χ3n) is 3.06. The minimum atomic E-state index is -0.691. The van der Waals surface area contributed by atoms with E-state index in [1.165, 1.54) is 17.0 Å². The standard InChI is InChI=1S/C14H15FN2O2/c1-2-7-16-13(18)12-6-8-17(14(12)19)11-5-3-4-10(15)9-11/h2-5,9,12H,1,6-8H2,(H,16,18). The average Bonchev–Trinajstić information content (AvgIpc) is 2.78. The van der Waals surface area contributed by atoms with Gasteiger partial charge in [0.25, 0.3) is 0 Å². The van der Waals surface area contributed by atoms with Crippen molar-refractivity contribution in [2.24, 2.45) is 5.92 Å². The Hall–Kier alpha value is -2.17. The molecule has 1 N–H and O–H groups in total. The lowest BCUT2D eigenvalue weighted by molar-refractivity contribution is -0.131. The van der Waals surface area contributed by atoms with E-state index in [2.05, 4.69) is 11.9 Å². The van der Waals surface area contributed by atoms with Gasteiger partial charge in [0, 0.05) is 18.8 Å². The second-order valence-corrected chi connectivity index (χ2v) is 4.34. The zero-order valence-electron chi connectivity index (χ0n) is 10.4. The molecule has 0 radical (unpaired) electrons. The van der Waals surface area contributed by atoms with Gasteiger partial charge in [-0.2, -0.15) is 0 Å². The number of hydrogen-bond donors (Lipinski definition) is 1. The summed E-state index contributed by atoms with van der Waals surface area (Å²) >= 11 is 0. The molecule has 1 saturated heterocycles. The van der Waals surface area contributed by atoms with Gasteiger partial charge in [0.05, 0.1) is 0 Å². The fourth-order valence-corrected chi connectivity index (χ4v) is 2.12. The number of nitrogens with one attached hydrogen (secondary N) is 1. The van der Waals surface area contributed by atoms with Crippen LogP contribution in [0.3, 0.4) is 0 Å². The summed E-state index contributed by atoms with van der Waals surface area (Å²) in [6.45, 7) is 4.26. The van der Waals surface area contributed by atoms with Crippen molar-refractivity contribution in [3.8, 4) is 0 Å². The highest BCUT2D eigenvalue weighted by Crippen LogP contribution is 2.25. The molecule has 0 spiro atoms. The fraction of sp³-hybridized carbons (Fsp3) is 0.286. The SMILES string of the molecule is C=CCNC(=O)C1CCN(c2cccc(F)c2)C1=O. The minimum Gasteiger partial charge on any atom is -0.352 e. The van der Waals surface area contributed by atoms with E-state index in [0.717, 1.165) is 0 Å². The van der Waals surface area contributed by atoms with E-state index in [-0.39, 0.29) is 11.8 Å². The first-order valence-corrected chi connectivity index (χ1v) is 6.09. The smallest absolute Gasteiger partial charge is 0.239 e. The zero-order chi connectivity index (χ0) is 13.8. The third-order valence-corrected chi connectivity index (χ3v) is 3.06. The molecule has 0 aromatic heterocycles. The molecule has 0 bridgehead atoms. The van der Waals surface area contributed by atoms with Crippen LogP contribution >= 0.6 is 0 Å². The van der Waals surface area contributed by atoms with Crippen molar-refractivity contribution in [1.82, 2.24) is 5.32 Å². The van der Waals surface area contributed by atoms with Crippen molar-refractivity contribution in [1.29, 1.82) is 0 Å². The maximum atomic E-state index is 13.1. The number of amides is 2. The van der Waals surface area contributed by atoms with E-state index in [1.54, 1.807) is 18.2 Å². The molecule has 1 atom stereocenters. The van der Waals surface area contributed by atoms with Crippen LogP contribution in [0.15, 0.2) is 36.9 Å². The van der Waals surface area contributed by atoms with Crippen molar-refractivity contribution in [2.45, 2.75) is 6.42 Å². The molecule has 1 fully saturated rings. The number of halogens is 1. The summed E-state index contributed by atoms with van der Waals surface area (Å²) in [4.78, 5) is 25.4. The van der Waals surface area contributed by atoms with Crippen LogP contribution in [0.1, 0.15) is 6.42 Å². The lowest BCUT2D eigenvalue weighted by Crippen LogP contribution is -2.36. The maximum Gasteiger partial charge on any atom is 0.239 e. The molecule has 1 aromatic rings. The Labute approximate surface area is 110 Å². The van der Waals surface area contributed by atoms with Gasteiger partial charge < -0.3 is 10.2 Å².